The van der Waals surface area contributed by atoms with Crippen LogP contribution in [0.4, 0.5) is 0 Å². The highest BCUT2D eigenvalue weighted by Crippen LogP contribution is 2.39. The minimum atomic E-state index is -0.998. The third-order valence-electron chi connectivity index (χ3n) is 4.23. The molecule has 0 aliphatic carbocycles. The monoisotopic (exact) mass is 562 g/mol. The number of hydrogen-bond donors (Lipinski definition) is 0. The van der Waals surface area contributed by atoms with Crippen molar-refractivity contribution in [2.24, 2.45) is 0 Å². The summed E-state index contributed by atoms with van der Waals surface area (Å²) in [5.74, 6) is -4.80. The average Bonchev–Trinajstić information content (AvgIpc) is 2.88. The molecule has 0 N–H and O–H groups in total. The summed E-state index contributed by atoms with van der Waals surface area (Å²) in [6.45, 7) is 16.7. The number of ether oxygens (including phenoxy) is 8. The summed E-state index contributed by atoms with van der Waals surface area (Å²) in [5.41, 5.74) is 0.166. The van der Waals surface area contributed by atoms with Crippen LogP contribution >= 0.6 is 0 Å². The molecular formula is C27H30O13. The van der Waals surface area contributed by atoms with Crippen molar-refractivity contribution in [1.29, 1.82) is 0 Å². The van der Waals surface area contributed by atoms with E-state index in [1.165, 1.54) is 27.7 Å². The maximum atomic E-state index is 12.7. The molecule has 0 saturated heterocycles. The second-order valence-electron chi connectivity index (χ2n) is 7.99. The maximum Gasteiger partial charge on any atom is 0.341 e. The predicted molar refractivity (Wildman–Crippen MR) is 137 cm³/mol. The molecular weight excluding hydrogens is 532 g/mol. The summed E-state index contributed by atoms with van der Waals surface area (Å²) in [7, 11) is 0. The smallest absolute Gasteiger partial charge is 0.341 e. The first-order valence-corrected chi connectivity index (χ1v) is 11.3. The SMILES string of the molecule is C=C(C)C(=O)OCOC(=O)c1cc(OCOC(=O)C(=C)C)c(OCOC(=O)C(=C)C)c(OCOC(=O)C(=C)C)c1. The molecule has 0 aliphatic rings. The van der Waals surface area contributed by atoms with Crippen molar-refractivity contribution in [3.05, 3.63) is 66.3 Å². The lowest BCUT2D eigenvalue weighted by Crippen LogP contribution is -2.17. The molecule has 216 valence electrons. The van der Waals surface area contributed by atoms with Gasteiger partial charge in [-0.2, -0.15) is 0 Å². The predicted octanol–water partition coefficient (Wildman–Crippen LogP) is 3.29. The molecule has 0 bridgehead atoms. The van der Waals surface area contributed by atoms with Crippen LogP contribution in [0.25, 0.3) is 0 Å². The summed E-state index contributed by atoms with van der Waals surface area (Å²) in [4.78, 5) is 59.5. The normalized spacial score (nSPS) is 9.80. The van der Waals surface area contributed by atoms with Gasteiger partial charge in [0.05, 0.1) is 5.56 Å². The number of rotatable bonds is 16. The van der Waals surface area contributed by atoms with E-state index >= 15 is 0 Å². The summed E-state index contributed by atoms with van der Waals surface area (Å²) in [6, 6.07) is 2.25. The van der Waals surface area contributed by atoms with Crippen LogP contribution in [0.5, 0.6) is 17.2 Å². The number of carbonyl (C=O) groups excluding carboxylic acids is 5. The number of hydrogen-bond acceptors (Lipinski definition) is 13. The Kier molecular flexibility index (Phi) is 13.2. The highest BCUT2D eigenvalue weighted by molar-refractivity contribution is 5.92. The van der Waals surface area contributed by atoms with Crippen LogP contribution in [-0.4, -0.2) is 57.0 Å². The topological polar surface area (TPSA) is 159 Å². The zero-order chi connectivity index (χ0) is 30.4. The zero-order valence-electron chi connectivity index (χ0n) is 22.6. The van der Waals surface area contributed by atoms with Crippen LogP contribution in [0, 0.1) is 0 Å². The second kappa shape index (κ2) is 16.0. The largest absolute Gasteiger partial charge is 0.453 e. The van der Waals surface area contributed by atoms with Crippen molar-refractivity contribution in [3.63, 3.8) is 0 Å². The molecule has 13 heteroatoms. The van der Waals surface area contributed by atoms with Gasteiger partial charge in [0.1, 0.15) is 0 Å². The molecule has 1 rings (SSSR count). The Morgan fingerprint density at radius 2 is 0.850 bits per heavy atom. The molecule has 0 atom stereocenters. The van der Waals surface area contributed by atoms with E-state index in [0.717, 1.165) is 12.1 Å². The fraction of sp³-hybridized carbons (Fsp3) is 0.296. The van der Waals surface area contributed by atoms with Crippen LogP contribution in [0.15, 0.2) is 60.7 Å². The Balaban J connectivity index is 3.34. The summed E-state index contributed by atoms with van der Waals surface area (Å²) in [5, 5.41) is 0. The Morgan fingerprint density at radius 3 is 1.20 bits per heavy atom. The number of benzene rings is 1. The number of carbonyl (C=O) groups is 5. The quantitative estimate of drug-likeness (QED) is 0.125. The summed E-state index contributed by atoms with van der Waals surface area (Å²) in [6.07, 6.45) is 0. The minimum absolute atomic E-state index is 0.0879. The molecule has 0 aliphatic heterocycles. The van der Waals surface area contributed by atoms with Crippen LogP contribution in [0.3, 0.4) is 0 Å². The molecule has 1 aromatic carbocycles. The molecule has 0 spiro atoms. The Hall–Kier alpha value is -5.07. The highest BCUT2D eigenvalue weighted by Gasteiger charge is 2.22. The van der Waals surface area contributed by atoms with Gasteiger partial charge in [0.15, 0.2) is 11.5 Å². The maximum absolute atomic E-state index is 12.7. The molecule has 1 aromatic rings. The third-order valence-corrected chi connectivity index (χ3v) is 4.23. The summed E-state index contributed by atoms with van der Waals surface area (Å²) < 4.78 is 40.9. The average molecular weight is 563 g/mol. The fourth-order valence-electron chi connectivity index (χ4n) is 2.20. The zero-order valence-corrected chi connectivity index (χ0v) is 22.6. The van der Waals surface area contributed by atoms with E-state index in [4.69, 9.17) is 37.9 Å². The van der Waals surface area contributed by atoms with E-state index in [9.17, 15) is 24.0 Å². The van der Waals surface area contributed by atoms with Crippen molar-refractivity contribution in [1.82, 2.24) is 0 Å². The molecule has 0 saturated carbocycles. The lowest BCUT2D eigenvalue weighted by molar-refractivity contribution is -0.148. The van der Waals surface area contributed by atoms with Gasteiger partial charge in [-0.15, -0.1) is 0 Å². The molecule has 0 radical (unpaired) electrons. The van der Waals surface area contributed by atoms with Gasteiger partial charge in [0, 0.05) is 22.3 Å². The van der Waals surface area contributed by atoms with Gasteiger partial charge in [-0.05, 0) is 39.8 Å². The van der Waals surface area contributed by atoms with E-state index in [-0.39, 0.29) is 45.1 Å². The highest BCUT2D eigenvalue weighted by atomic mass is 16.7. The third kappa shape index (κ3) is 11.1. The van der Waals surface area contributed by atoms with Crippen molar-refractivity contribution in [3.8, 4) is 17.2 Å². The fourth-order valence-corrected chi connectivity index (χ4v) is 2.20. The van der Waals surface area contributed by atoms with Gasteiger partial charge in [-0.3, -0.25) is 0 Å². The number of esters is 5. The van der Waals surface area contributed by atoms with Crippen molar-refractivity contribution >= 4 is 29.8 Å². The first-order chi connectivity index (χ1) is 18.7. The first-order valence-electron chi connectivity index (χ1n) is 11.3. The standard InChI is InChI=1S/C27H30O13/c1-15(2)23(28)36-11-33-20-9-19(27(32)40-14-39-26(31)18(7)8)10-21(34-12-37-24(29)16(3)4)22(20)35-13-38-25(30)17(5)6/h9-10H,1,3,5,7,11-14H2,2,4,6,8H3. The summed E-state index contributed by atoms with van der Waals surface area (Å²) >= 11 is 0. The van der Waals surface area contributed by atoms with Crippen LogP contribution in [0.2, 0.25) is 0 Å². The minimum Gasteiger partial charge on any atom is -0.453 e. The van der Waals surface area contributed by atoms with E-state index in [0.29, 0.717) is 0 Å². The molecule has 40 heavy (non-hydrogen) atoms. The van der Waals surface area contributed by atoms with E-state index in [2.05, 4.69) is 26.3 Å². The molecule has 0 aromatic heterocycles. The van der Waals surface area contributed by atoms with Crippen molar-refractivity contribution in [2.45, 2.75) is 27.7 Å². The van der Waals surface area contributed by atoms with Gasteiger partial charge >= 0.3 is 29.8 Å². The van der Waals surface area contributed by atoms with E-state index < -0.39 is 57.0 Å². The van der Waals surface area contributed by atoms with Gasteiger partial charge < -0.3 is 37.9 Å². The Morgan fingerprint density at radius 1 is 0.525 bits per heavy atom. The Labute approximate surface area is 230 Å². The molecule has 0 amide bonds. The van der Waals surface area contributed by atoms with Crippen LogP contribution in [0.1, 0.15) is 38.1 Å². The van der Waals surface area contributed by atoms with Gasteiger partial charge in [0.2, 0.25) is 32.9 Å². The molecule has 0 heterocycles. The lowest BCUT2D eigenvalue weighted by atomic mass is 10.2. The van der Waals surface area contributed by atoms with E-state index in [1.807, 2.05) is 0 Å². The van der Waals surface area contributed by atoms with Crippen molar-refractivity contribution in [2.75, 3.05) is 27.2 Å². The Bertz CT molecular complexity index is 1160. The van der Waals surface area contributed by atoms with Gasteiger partial charge in [0.25, 0.3) is 0 Å². The van der Waals surface area contributed by atoms with Gasteiger partial charge in [-0.1, -0.05) is 26.3 Å². The van der Waals surface area contributed by atoms with Crippen LogP contribution < -0.4 is 14.2 Å². The molecule has 13 nitrogen and oxygen atoms in total. The van der Waals surface area contributed by atoms with Gasteiger partial charge in [-0.25, -0.2) is 24.0 Å². The lowest BCUT2D eigenvalue weighted by Gasteiger charge is -2.18. The second-order valence-corrected chi connectivity index (χ2v) is 7.99. The molecule has 0 unspecified atom stereocenters. The van der Waals surface area contributed by atoms with E-state index in [1.54, 1.807) is 0 Å². The molecule has 0 fully saturated rings. The first kappa shape index (κ1) is 33.0. The van der Waals surface area contributed by atoms with Crippen molar-refractivity contribution < 1.29 is 61.9 Å². The van der Waals surface area contributed by atoms with Crippen LogP contribution in [-0.2, 0) is 42.9 Å².